The van der Waals surface area contributed by atoms with Crippen LogP contribution in [-0.2, 0) is 9.05 Å². The maximum absolute atomic E-state index is 8.87. The van der Waals surface area contributed by atoms with E-state index >= 15 is 0 Å². The van der Waals surface area contributed by atoms with Gasteiger partial charge in [0.2, 0.25) is 0 Å². The van der Waals surface area contributed by atoms with Crippen LogP contribution in [-0.4, -0.2) is 17.1 Å². The minimum absolute atomic E-state index is 0.143. The third-order valence-electron chi connectivity index (χ3n) is 1.20. The zero-order valence-corrected chi connectivity index (χ0v) is 6.47. The first-order valence-corrected chi connectivity index (χ1v) is 4.14. The molecule has 0 radical (unpaired) electrons. The first kappa shape index (κ1) is 7.42. The molecule has 9 heavy (non-hydrogen) atoms. The van der Waals surface area contributed by atoms with Gasteiger partial charge in [-0.15, -0.1) is 0 Å². The molecule has 54 valence electrons. The van der Waals surface area contributed by atoms with Gasteiger partial charge in [0.1, 0.15) is 0 Å². The van der Waals surface area contributed by atoms with Crippen molar-refractivity contribution in [3.8, 4) is 0 Å². The van der Waals surface area contributed by atoms with Crippen LogP contribution in [0.25, 0.3) is 0 Å². The Hall–Kier alpha value is 0.310. The second-order valence-corrected chi connectivity index (χ2v) is 3.20. The molecule has 0 spiro atoms. The molecule has 4 heteroatoms. The van der Waals surface area contributed by atoms with E-state index in [1.165, 1.54) is 0 Å². The first-order chi connectivity index (χ1) is 4.18. The van der Waals surface area contributed by atoms with Gasteiger partial charge in [-0.1, -0.05) is 0 Å². The molecule has 1 heterocycles. The van der Waals surface area contributed by atoms with E-state index in [1.54, 1.807) is 0 Å². The predicted octanol–water partition coefficient (Wildman–Crippen LogP) is 1.42. The minimum atomic E-state index is -1.57. The summed E-state index contributed by atoms with van der Waals surface area (Å²) in [6.07, 6.45) is 1.16. The second kappa shape index (κ2) is 2.93. The second-order valence-electron chi connectivity index (χ2n) is 2.31. The Morgan fingerprint density at radius 2 is 1.78 bits per heavy atom. The molecule has 0 aromatic rings. The molecule has 0 bridgehead atoms. The highest BCUT2D eigenvalue weighted by Gasteiger charge is 2.23. The molecule has 2 atom stereocenters. The molecule has 3 nitrogen and oxygen atoms in total. The van der Waals surface area contributed by atoms with Crippen LogP contribution in [0.1, 0.15) is 20.3 Å². The summed E-state index contributed by atoms with van der Waals surface area (Å²) in [5, 5.41) is 0. The highest BCUT2D eigenvalue weighted by Crippen LogP contribution is 2.41. The minimum Gasteiger partial charge on any atom is -0.328 e. The molecular weight excluding hydrogens is 139 g/mol. The summed E-state index contributed by atoms with van der Waals surface area (Å²) >= 11 is 0. The van der Waals surface area contributed by atoms with Crippen molar-refractivity contribution in [2.45, 2.75) is 32.5 Å². The van der Waals surface area contributed by atoms with Crippen LogP contribution in [0.15, 0.2) is 0 Å². The zero-order chi connectivity index (χ0) is 6.85. The Bertz CT molecular complexity index is 73.2. The van der Waals surface area contributed by atoms with E-state index in [0.29, 0.717) is 0 Å². The van der Waals surface area contributed by atoms with Gasteiger partial charge in [0.15, 0.2) is 0 Å². The molecule has 0 amide bonds. The first-order valence-electron chi connectivity index (χ1n) is 3.01. The summed E-state index contributed by atoms with van der Waals surface area (Å²) in [6, 6.07) is 0. The molecule has 1 saturated heterocycles. The maximum atomic E-state index is 8.87. The summed E-state index contributed by atoms with van der Waals surface area (Å²) in [4.78, 5) is 8.87. The third-order valence-corrected chi connectivity index (χ3v) is 2.28. The molecule has 0 aliphatic carbocycles. The lowest BCUT2D eigenvalue weighted by atomic mass is 10.2. The number of rotatable bonds is 0. The quantitative estimate of drug-likeness (QED) is 0.530. The summed E-state index contributed by atoms with van der Waals surface area (Å²) in [5.74, 6) is 0. The lowest BCUT2D eigenvalue weighted by Gasteiger charge is -2.27. The van der Waals surface area contributed by atoms with Crippen molar-refractivity contribution in [3.63, 3.8) is 0 Å². The van der Waals surface area contributed by atoms with Crippen molar-refractivity contribution in [2.75, 3.05) is 0 Å². The lowest BCUT2D eigenvalue weighted by molar-refractivity contribution is 0.0467. The monoisotopic (exact) mass is 150 g/mol. The van der Waals surface area contributed by atoms with Crippen LogP contribution >= 0.6 is 8.60 Å². The fourth-order valence-corrected chi connectivity index (χ4v) is 1.72. The van der Waals surface area contributed by atoms with Gasteiger partial charge in [-0.3, -0.25) is 0 Å². The standard InChI is InChI=1S/C5H11O3P/c1-4-3-5(2)8-9(6)7-4/h4-6H,3H2,1-2H3. The Morgan fingerprint density at radius 3 is 2.11 bits per heavy atom. The molecule has 1 rings (SSSR count). The average molecular weight is 150 g/mol. The molecule has 0 aromatic heterocycles. The van der Waals surface area contributed by atoms with Gasteiger partial charge in [0.05, 0.1) is 12.2 Å². The van der Waals surface area contributed by atoms with Crippen molar-refractivity contribution in [1.82, 2.24) is 0 Å². The SMILES string of the molecule is CC1CC(C)OP(O)O1. The smallest absolute Gasteiger partial charge is 0.328 e. The predicted molar refractivity (Wildman–Crippen MR) is 34.8 cm³/mol. The van der Waals surface area contributed by atoms with Crippen molar-refractivity contribution in [2.24, 2.45) is 0 Å². The van der Waals surface area contributed by atoms with E-state index in [1.807, 2.05) is 13.8 Å². The van der Waals surface area contributed by atoms with Crippen LogP contribution in [0.3, 0.4) is 0 Å². The molecular formula is C5H11O3P. The Morgan fingerprint density at radius 1 is 1.33 bits per heavy atom. The lowest BCUT2D eigenvalue weighted by Crippen LogP contribution is -2.21. The fraction of sp³-hybridized carbons (Fsp3) is 1.00. The largest absolute Gasteiger partial charge is 0.330 e. The fourth-order valence-electron chi connectivity index (χ4n) is 0.886. The summed E-state index contributed by atoms with van der Waals surface area (Å²) < 4.78 is 9.91. The van der Waals surface area contributed by atoms with Gasteiger partial charge in [0.25, 0.3) is 0 Å². The number of hydrogen-bond acceptors (Lipinski definition) is 3. The van der Waals surface area contributed by atoms with E-state index < -0.39 is 8.60 Å². The van der Waals surface area contributed by atoms with Gasteiger partial charge < -0.3 is 13.9 Å². The van der Waals surface area contributed by atoms with Gasteiger partial charge in [-0.05, 0) is 13.8 Å². The molecule has 2 unspecified atom stereocenters. The van der Waals surface area contributed by atoms with Crippen LogP contribution in [0.4, 0.5) is 0 Å². The van der Waals surface area contributed by atoms with Crippen LogP contribution in [0, 0.1) is 0 Å². The normalized spacial score (nSPS) is 45.0. The topological polar surface area (TPSA) is 38.7 Å². The van der Waals surface area contributed by atoms with Crippen molar-refractivity contribution < 1.29 is 13.9 Å². The Balaban J connectivity index is 2.34. The molecule has 1 fully saturated rings. The van der Waals surface area contributed by atoms with E-state index in [2.05, 4.69) is 0 Å². The molecule has 1 N–H and O–H groups in total. The van der Waals surface area contributed by atoms with E-state index in [4.69, 9.17) is 13.9 Å². The summed E-state index contributed by atoms with van der Waals surface area (Å²) in [5.41, 5.74) is 0. The molecule has 0 saturated carbocycles. The van der Waals surface area contributed by atoms with Gasteiger partial charge in [-0.2, -0.15) is 0 Å². The van der Waals surface area contributed by atoms with Crippen LogP contribution in [0.5, 0.6) is 0 Å². The third kappa shape index (κ3) is 2.18. The molecule has 0 aromatic carbocycles. The van der Waals surface area contributed by atoms with Crippen LogP contribution < -0.4 is 0 Å². The average Bonchev–Trinajstić information content (AvgIpc) is 1.59. The number of hydrogen-bond donors (Lipinski definition) is 1. The van der Waals surface area contributed by atoms with E-state index in [-0.39, 0.29) is 12.2 Å². The maximum Gasteiger partial charge on any atom is 0.330 e. The zero-order valence-electron chi connectivity index (χ0n) is 5.57. The summed E-state index contributed by atoms with van der Waals surface area (Å²) in [7, 11) is -1.57. The van der Waals surface area contributed by atoms with Gasteiger partial charge in [0, 0.05) is 6.42 Å². The van der Waals surface area contributed by atoms with E-state index in [0.717, 1.165) is 6.42 Å². The highest BCUT2D eigenvalue weighted by atomic mass is 31.2. The summed E-state index contributed by atoms with van der Waals surface area (Å²) in [6.45, 7) is 3.87. The molecule has 1 aliphatic heterocycles. The van der Waals surface area contributed by atoms with Crippen molar-refractivity contribution in [3.05, 3.63) is 0 Å². The van der Waals surface area contributed by atoms with E-state index in [9.17, 15) is 0 Å². The van der Waals surface area contributed by atoms with Gasteiger partial charge in [-0.25, -0.2) is 0 Å². The Labute approximate surface area is 56.0 Å². The van der Waals surface area contributed by atoms with Crippen LogP contribution in [0.2, 0.25) is 0 Å². The Kier molecular flexibility index (Phi) is 2.42. The highest BCUT2D eigenvalue weighted by molar-refractivity contribution is 7.40. The van der Waals surface area contributed by atoms with Crippen molar-refractivity contribution in [1.29, 1.82) is 0 Å². The van der Waals surface area contributed by atoms with Gasteiger partial charge >= 0.3 is 8.60 Å². The molecule has 1 aliphatic rings. The van der Waals surface area contributed by atoms with Crippen molar-refractivity contribution >= 4 is 8.60 Å².